The Hall–Kier alpha value is -0.610. The highest BCUT2D eigenvalue weighted by molar-refractivity contribution is 14.0. The number of benzene rings is 1. The van der Waals surface area contributed by atoms with E-state index in [1.54, 1.807) is 0 Å². The molecule has 0 bridgehead atoms. The first-order valence-corrected chi connectivity index (χ1v) is 11.2. The quantitative estimate of drug-likeness (QED) is 0.281. The van der Waals surface area contributed by atoms with Crippen LogP contribution in [0.3, 0.4) is 0 Å². The largest absolute Gasteiger partial charge is 0.355 e. The number of rotatable bonds is 9. The lowest BCUT2D eigenvalue weighted by Crippen LogP contribution is -2.52. The Morgan fingerprint density at radius 1 is 1.10 bits per heavy atom. The van der Waals surface area contributed by atoms with Crippen molar-refractivity contribution in [2.75, 3.05) is 66.5 Å². The van der Waals surface area contributed by atoms with E-state index in [1.165, 1.54) is 0 Å². The fourth-order valence-corrected chi connectivity index (χ4v) is 4.16. The maximum absolute atomic E-state index is 6.52. The summed E-state index contributed by atoms with van der Waals surface area (Å²) in [5.74, 6) is 0.843. The van der Waals surface area contributed by atoms with E-state index in [9.17, 15) is 0 Å². The molecular formula is C22H40ClIN6. The number of hydrogen-bond donors (Lipinski definition) is 2. The van der Waals surface area contributed by atoms with Crippen LogP contribution in [0.25, 0.3) is 0 Å². The van der Waals surface area contributed by atoms with Gasteiger partial charge in [-0.15, -0.1) is 24.0 Å². The van der Waals surface area contributed by atoms with Gasteiger partial charge >= 0.3 is 0 Å². The first kappa shape index (κ1) is 27.4. The third kappa shape index (κ3) is 8.15. The molecule has 0 saturated carbocycles. The lowest BCUT2D eigenvalue weighted by Gasteiger charge is -2.36. The van der Waals surface area contributed by atoms with Crippen LogP contribution in [-0.4, -0.2) is 93.2 Å². The maximum atomic E-state index is 6.52. The minimum absolute atomic E-state index is 0. The highest BCUT2D eigenvalue weighted by Crippen LogP contribution is 2.26. The molecule has 0 amide bonds. The summed E-state index contributed by atoms with van der Waals surface area (Å²) in [7, 11) is 4.02. The van der Waals surface area contributed by atoms with E-state index in [2.05, 4.69) is 70.3 Å². The van der Waals surface area contributed by atoms with Crippen molar-refractivity contribution in [3.8, 4) is 0 Å². The lowest BCUT2D eigenvalue weighted by molar-refractivity contribution is 0.120. The monoisotopic (exact) mass is 550 g/mol. The van der Waals surface area contributed by atoms with Crippen molar-refractivity contribution in [1.82, 2.24) is 25.3 Å². The Bertz CT molecular complexity index is 632. The number of likely N-dealkylation sites (N-methyl/N-ethyl adjacent to an activating group) is 2. The Morgan fingerprint density at radius 2 is 1.70 bits per heavy atom. The van der Waals surface area contributed by atoms with Gasteiger partial charge in [-0.25, -0.2) is 0 Å². The van der Waals surface area contributed by atoms with Crippen molar-refractivity contribution in [3.05, 3.63) is 34.9 Å². The molecule has 0 spiro atoms. The molecule has 2 atom stereocenters. The van der Waals surface area contributed by atoms with Gasteiger partial charge in [0.05, 0.1) is 6.04 Å². The predicted octanol–water partition coefficient (Wildman–Crippen LogP) is 3.14. The van der Waals surface area contributed by atoms with Gasteiger partial charge in [0.25, 0.3) is 0 Å². The zero-order valence-electron chi connectivity index (χ0n) is 19.2. The SMILES string of the molecule is CCN(CC)C(CNC(=NC)NCC(C)N1CCN(C)CC1)c1ccccc1Cl.I. The topological polar surface area (TPSA) is 46.1 Å². The second kappa shape index (κ2) is 14.5. The molecule has 172 valence electrons. The molecule has 6 nitrogen and oxygen atoms in total. The van der Waals surface area contributed by atoms with Crippen LogP contribution in [-0.2, 0) is 0 Å². The van der Waals surface area contributed by atoms with Crippen LogP contribution < -0.4 is 10.6 Å². The molecule has 1 fully saturated rings. The molecule has 1 saturated heterocycles. The highest BCUT2D eigenvalue weighted by Gasteiger charge is 2.22. The van der Waals surface area contributed by atoms with Crippen LogP contribution >= 0.6 is 35.6 Å². The van der Waals surface area contributed by atoms with Gasteiger partial charge in [-0.05, 0) is 38.7 Å². The van der Waals surface area contributed by atoms with Gasteiger partial charge in [-0.1, -0.05) is 43.6 Å². The molecule has 0 aromatic heterocycles. The van der Waals surface area contributed by atoms with E-state index in [0.717, 1.165) is 68.9 Å². The molecule has 1 heterocycles. The van der Waals surface area contributed by atoms with Gasteiger partial charge in [-0.3, -0.25) is 14.8 Å². The van der Waals surface area contributed by atoms with E-state index in [-0.39, 0.29) is 30.0 Å². The number of guanidine groups is 1. The lowest BCUT2D eigenvalue weighted by atomic mass is 10.0. The van der Waals surface area contributed by atoms with Crippen molar-refractivity contribution < 1.29 is 0 Å². The third-order valence-corrected chi connectivity index (χ3v) is 6.27. The highest BCUT2D eigenvalue weighted by atomic mass is 127. The second-order valence-electron chi connectivity index (χ2n) is 7.78. The molecule has 0 radical (unpaired) electrons. The molecule has 1 aromatic rings. The summed E-state index contributed by atoms with van der Waals surface area (Å²) in [6.45, 7) is 14.8. The molecule has 1 aliphatic heterocycles. The van der Waals surface area contributed by atoms with Crippen LogP contribution in [0.5, 0.6) is 0 Å². The zero-order chi connectivity index (χ0) is 21.2. The molecule has 30 heavy (non-hydrogen) atoms. The summed E-state index contributed by atoms with van der Waals surface area (Å²) >= 11 is 6.52. The van der Waals surface area contributed by atoms with Crippen LogP contribution in [0.2, 0.25) is 5.02 Å². The summed E-state index contributed by atoms with van der Waals surface area (Å²) in [6, 6.07) is 8.81. The average Bonchev–Trinajstić information content (AvgIpc) is 2.74. The van der Waals surface area contributed by atoms with E-state index in [4.69, 9.17) is 11.6 Å². The molecule has 2 rings (SSSR count). The van der Waals surface area contributed by atoms with Gasteiger partial charge in [0, 0.05) is 57.4 Å². The number of nitrogens with zero attached hydrogens (tertiary/aromatic N) is 4. The Balaban J connectivity index is 0.00000450. The minimum atomic E-state index is 0. The van der Waals surface area contributed by atoms with Crippen LogP contribution in [0.15, 0.2) is 29.3 Å². The van der Waals surface area contributed by atoms with E-state index in [1.807, 2.05) is 19.2 Å². The molecule has 1 aromatic carbocycles. The molecular weight excluding hydrogens is 511 g/mol. The molecule has 0 aliphatic carbocycles. The van der Waals surface area contributed by atoms with Crippen molar-refractivity contribution in [3.63, 3.8) is 0 Å². The van der Waals surface area contributed by atoms with Crippen molar-refractivity contribution in [2.24, 2.45) is 4.99 Å². The smallest absolute Gasteiger partial charge is 0.191 e. The van der Waals surface area contributed by atoms with Gasteiger partial charge in [0.15, 0.2) is 5.96 Å². The Labute approximate surface area is 205 Å². The van der Waals surface area contributed by atoms with Crippen molar-refractivity contribution in [1.29, 1.82) is 0 Å². The number of nitrogens with one attached hydrogen (secondary N) is 2. The molecule has 2 unspecified atom stereocenters. The summed E-state index contributed by atoms with van der Waals surface area (Å²) in [5.41, 5.74) is 1.16. The molecule has 1 aliphatic rings. The van der Waals surface area contributed by atoms with Crippen molar-refractivity contribution in [2.45, 2.75) is 32.9 Å². The van der Waals surface area contributed by atoms with E-state index < -0.39 is 0 Å². The van der Waals surface area contributed by atoms with Crippen LogP contribution in [0, 0.1) is 0 Å². The summed E-state index contributed by atoms with van der Waals surface area (Å²) in [6.07, 6.45) is 0. The normalized spacial score (nSPS) is 18.0. The fraction of sp³-hybridized carbons (Fsp3) is 0.682. The molecule has 8 heteroatoms. The fourth-order valence-electron chi connectivity index (χ4n) is 3.90. The van der Waals surface area contributed by atoms with Gasteiger partial charge < -0.3 is 15.5 Å². The van der Waals surface area contributed by atoms with Crippen LogP contribution in [0.4, 0.5) is 0 Å². The maximum Gasteiger partial charge on any atom is 0.191 e. The first-order valence-electron chi connectivity index (χ1n) is 10.9. The minimum Gasteiger partial charge on any atom is -0.355 e. The van der Waals surface area contributed by atoms with E-state index >= 15 is 0 Å². The summed E-state index contributed by atoms with van der Waals surface area (Å²) < 4.78 is 0. The summed E-state index contributed by atoms with van der Waals surface area (Å²) in [4.78, 5) is 11.8. The summed E-state index contributed by atoms with van der Waals surface area (Å²) in [5, 5.41) is 7.85. The third-order valence-electron chi connectivity index (χ3n) is 5.93. The predicted molar refractivity (Wildman–Crippen MR) is 140 cm³/mol. The number of aliphatic imine (C=N–C) groups is 1. The molecule has 2 N–H and O–H groups in total. The number of halogens is 2. The van der Waals surface area contributed by atoms with Gasteiger partial charge in [-0.2, -0.15) is 0 Å². The van der Waals surface area contributed by atoms with Crippen LogP contribution in [0.1, 0.15) is 32.4 Å². The standard InChI is InChI=1S/C22H39ClN6.HI/c1-6-28(7-2)21(19-10-8-9-11-20(19)23)17-26-22(24-4)25-16-18(3)29-14-12-27(5)13-15-29;/h8-11,18,21H,6-7,12-17H2,1-5H3,(H2,24,25,26);1H. The first-order chi connectivity index (χ1) is 14.0. The van der Waals surface area contributed by atoms with Gasteiger partial charge in [0.1, 0.15) is 0 Å². The number of hydrogen-bond acceptors (Lipinski definition) is 4. The zero-order valence-corrected chi connectivity index (χ0v) is 22.3. The van der Waals surface area contributed by atoms with Gasteiger partial charge in [0.2, 0.25) is 0 Å². The van der Waals surface area contributed by atoms with E-state index in [0.29, 0.717) is 6.04 Å². The average molecular weight is 551 g/mol. The second-order valence-corrected chi connectivity index (χ2v) is 8.19. The number of piperazine rings is 1. The Morgan fingerprint density at radius 3 is 2.27 bits per heavy atom. The van der Waals surface area contributed by atoms with Crippen molar-refractivity contribution >= 4 is 41.5 Å². The Kier molecular flexibility index (Phi) is 13.2.